The molecule has 0 radical (unpaired) electrons. The van der Waals surface area contributed by atoms with Crippen molar-refractivity contribution in [3.05, 3.63) is 52.8 Å². The van der Waals surface area contributed by atoms with Crippen LogP contribution >= 0.6 is 23.8 Å². The van der Waals surface area contributed by atoms with Crippen LogP contribution in [0.5, 0.6) is 0 Å². The van der Waals surface area contributed by atoms with Gasteiger partial charge in [0.05, 0.1) is 28.7 Å². The summed E-state index contributed by atoms with van der Waals surface area (Å²) in [5.41, 5.74) is 7.01. The van der Waals surface area contributed by atoms with Crippen LogP contribution in [0.15, 0.2) is 36.7 Å². The lowest BCUT2D eigenvalue weighted by Gasteiger charge is -2.08. The third-order valence-electron chi connectivity index (χ3n) is 2.35. The number of thiocarbonyl (C=S) groups is 1. The van der Waals surface area contributed by atoms with Crippen molar-refractivity contribution in [3.63, 3.8) is 0 Å². The number of benzene rings is 1. The summed E-state index contributed by atoms with van der Waals surface area (Å²) in [4.78, 5) is 12.1. The molecule has 0 unspecified atom stereocenters. The van der Waals surface area contributed by atoms with E-state index < -0.39 is 0 Å². The Morgan fingerprint density at radius 1 is 1.26 bits per heavy atom. The topological polar surface area (TPSA) is 80.9 Å². The highest BCUT2D eigenvalue weighted by molar-refractivity contribution is 7.80. The first-order valence-corrected chi connectivity index (χ1v) is 6.04. The summed E-state index contributed by atoms with van der Waals surface area (Å²) >= 11 is 10.9. The molecule has 1 amide bonds. The number of halogens is 1. The van der Waals surface area contributed by atoms with Crippen molar-refractivity contribution in [2.45, 2.75) is 0 Å². The van der Waals surface area contributed by atoms with E-state index in [1.54, 1.807) is 24.3 Å². The third kappa shape index (κ3) is 3.24. The highest BCUT2D eigenvalue weighted by atomic mass is 35.5. The van der Waals surface area contributed by atoms with Gasteiger partial charge in [-0.05, 0) is 24.3 Å². The minimum absolute atomic E-state index is 0.248. The highest BCUT2D eigenvalue weighted by Gasteiger charge is 2.09. The molecule has 7 heteroatoms. The average Bonchev–Trinajstić information content (AvgIpc) is 2.41. The fourth-order valence-corrected chi connectivity index (χ4v) is 1.74. The SMILES string of the molecule is NC(=S)c1ccc(NC(=O)c2ccnnc2)c(Cl)c1. The van der Waals surface area contributed by atoms with Gasteiger partial charge in [-0.25, -0.2) is 0 Å². The monoisotopic (exact) mass is 292 g/mol. The lowest BCUT2D eigenvalue weighted by molar-refractivity contribution is 0.102. The second-order valence-corrected chi connectivity index (χ2v) is 4.49. The second-order valence-electron chi connectivity index (χ2n) is 3.64. The zero-order chi connectivity index (χ0) is 13.8. The van der Waals surface area contributed by atoms with Crippen molar-refractivity contribution in [1.29, 1.82) is 0 Å². The minimum atomic E-state index is -0.320. The maximum Gasteiger partial charge on any atom is 0.257 e. The van der Waals surface area contributed by atoms with E-state index in [1.807, 2.05) is 0 Å². The summed E-state index contributed by atoms with van der Waals surface area (Å²) in [6.07, 6.45) is 2.80. The first-order chi connectivity index (χ1) is 9.08. The summed E-state index contributed by atoms with van der Waals surface area (Å²) in [7, 11) is 0. The van der Waals surface area contributed by atoms with E-state index in [1.165, 1.54) is 12.4 Å². The number of anilines is 1. The number of amides is 1. The molecule has 0 saturated heterocycles. The second kappa shape index (κ2) is 5.73. The number of hydrogen-bond acceptors (Lipinski definition) is 4. The molecule has 0 aliphatic heterocycles. The number of hydrogen-bond donors (Lipinski definition) is 2. The fraction of sp³-hybridized carbons (Fsp3) is 0. The van der Waals surface area contributed by atoms with Crippen molar-refractivity contribution >= 4 is 40.4 Å². The molecule has 19 heavy (non-hydrogen) atoms. The highest BCUT2D eigenvalue weighted by Crippen LogP contribution is 2.23. The third-order valence-corrected chi connectivity index (χ3v) is 2.90. The van der Waals surface area contributed by atoms with Crippen LogP contribution < -0.4 is 11.1 Å². The summed E-state index contributed by atoms with van der Waals surface area (Å²) < 4.78 is 0. The maximum atomic E-state index is 11.9. The van der Waals surface area contributed by atoms with Gasteiger partial charge in [-0.1, -0.05) is 23.8 Å². The Balaban J connectivity index is 2.20. The number of nitrogens with two attached hydrogens (primary N) is 1. The van der Waals surface area contributed by atoms with Gasteiger partial charge in [-0.3, -0.25) is 4.79 Å². The first kappa shape index (κ1) is 13.4. The smallest absolute Gasteiger partial charge is 0.257 e. The molecule has 0 saturated carbocycles. The van der Waals surface area contributed by atoms with Crippen LogP contribution in [-0.2, 0) is 0 Å². The molecule has 5 nitrogen and oxygen atoms in total. The number of carbonyl (C=O) groups is 1. The predicted octanol–water partition coefficient (Wildman–Crippen LogP) is 2.02. The number of aromatic nitrogens is 2. The van der Waals surface area contributed by atoms with Crippen LogP contribution in [0.2, 0.25) is 5.02 Å². The molecule has 1 heterocycles. The van der Waals surface area contributed by atoms with Gasteiger partial charge >= 0.3 is 0 Å². The summed E-state index contributed by atoms with van der Waals surface area (Å²) in [5.74, 6) is -0.320. The number of nitrogens with one attached hydrogen (secondary N) is 1. The van der Waals surface area contributed by atoms with Crippen LogP contribution in [0.1, 0.15) is 15.9 Å². The standard InChI is InChI=1S/C12H9ClN4OS/c13-9-5-7(11(14)19)1-2-10(9)17-12(18)8-3-4-15-16-6-8/h1-6H,(H2,14,19)(H,17,18). The molecular formula is C12H9ClN4OS. The fourth-order valence-electron chi connectivity index (χ4n) is 1.39. The van der Waals surface area contributed by atoms with Crippen LogP contribution in [0.25, 0.3) is 0 Å². The first-order valence-electron chi connectivity index (χ1n) is 5.25. The van der Waals surface area contributed by atoms with Crippen molar-refractivity contribution in [3.8, 4) is 0 Å². The molecule has 0 fully saturated rings. The normalized spacial score (nSPS) is 9.95. The molecule has 0 aliphatic carbocycles. The van der Waals surface area contributed by atoms with E-state index >= 15 is 0 Å². The van der Waals surface area contributed by atoms with Gasteiger partial charge in [-0.15, -0.1) is 0 Å². The number of carbonyl (C=O) groups excluding carboxylic acids is 1. The Morgan fingerprint density at radius 2 is 2.05 bits per heavy atom. The summed E-state index contributed by atoms with van der Waals surface area (Å²) in [6, 6.07) is 6.49. The lowest BCUT2D eigenvalue weighted by Crippen LogP contribution is -2.14. The Bertz CT molecular complexity index is 633. The number of nitrogens with zero attached hydrogens (tertiary/aromatic N) is 2. The molecule has 3 N–H and O–H groups in total. The zero-order valence-corrected chi connectivity index (χ0v) is 11.2. The minimum Gasteiger partial charge on any atom is -0.389 e. The number of rotatable bonds is 3. The van der Waals surface area contributed by atoms with Gasteiger partial charge in [0.2, 0.25) is 0 Å². The Hall–Kier alpha value is -2.05. The average molecular weight is 293 g/mol. The summed E-state index contributed by atoms with van der Waals surface area (Å²) in [6.45, 7) is 0. The van der Waals surface area contributed by atoms with Crippen molar-refractivity contribution < 1.29 is 4.79 Å². The molecular weight excluding hydrogens is 284 g/mol. The Kier molecular flexibility index (Phi) is 4.03. The molecule has 0 aliphatic rings. The Morgan fingerprint density at radius 3 is 2.63 bits per heavy atom. The van der Waals surface area contributed by atoms with E-state index in [9.17, 15) is 4.79 Å². The zero-order valence-electron chi connectivity index (χ0n) is 9.63. The van der Waals surface area contributed by atoms with Crippen LogP contribution in [0.4, 0.5) is 5.69 Å². The van der Waals surface area contributed by atoms with E-state index in [4.69, 9.17) is 29.6 Å². The molecule has 1 aromatic carbocycles. The maximum absolute atomic E-state index is 11.9. The van der Waals surface area contributed by atoms with E-state index in [2.05, 4.69) is 15.5 Å². The van der Waals surface area contributed by atoms with Gasteiger partial charge in [0.15, 0.2) is 0 Å². The lowest BCUT2D eigenvalue weighted by atomic mass is 10.2. The molecule has 96 valence electrons. The van der Waals surface area contributed by atoms with Gasteiger partial charge in [0.1, 0.15) is 4.99 Å². The van der Waals surface area contributed by atoms with Crippen LogP contribution in [0.3, 0.4) is 0 Å². The van der Waals surface area contributed by atoms with Gasteiger partial charge in [-0.2, -0.15) is 10.2 Å². The van der Waals surface area contributed by atoms with Gasteiger partial charge in [0.25, 0.3) is 5.91 Å². The largest absolute Gasteiger partial charge is 0.389 e. The molecule has 2 aromatic rings. The van der Waals surface area contributed by atoms with E-state index in [0.29, 0.717) is 21.8 Å². The predicted molar refractivity (Wildman–Crippen MR) is 77.3 cm³/mol. The molecule has 0 bridgehead atoms. The van der Waals surface area contributed by atoms with Gasteiger partial charge < -0.3 is 11.1 Å². The van der Waals surface area contributed by atoms with Crippen molar-refractivity contribution in [2.75, 3.05) is 5.32 Å². The van der Waals surface area contributed by atoms with Crippen molar-refractivity contribution in [1.82, 2.24) is 10.2 Å². The summed E-state index contributed by atoms with van der Waals surface area (Å²) in [5, 5.41) is 10.3. The van der Waals surface area contributed by atoms with E-state index in [-0.39, 0.29) is 10.9 Å². The van der Waals surface area contributed by atoms with E-state index in [0.717, 1.165) is 0 Å². The molecule has 1 aromatic heterocycles. The van der Waals surface area contributed by atoms with Crippen LogP contribution in [0, 0.1) is 0 Å². The quantitative estimate of drug-likeness (QED) is 0.846. The molecule has 0 spiro atoms. The Labute approximate surface area is 119 Å². The molecule has 0 atom stereocenters. The van der Waals surface area contributed by atoms with Crippen LogP contribution in [-0.4, -0.2) is 21.1 Å². The van der Waals surface area contributed by atoms with Gasteiger partial charge in [0, 0.05) is 5.56 Å². The van der Waals surface area contributed by atoms with Crippen molar-refractivity contribution in [2.24, 2.45) is 5.73 Å². The molecule has 2 rings (SSSR count).